The summed E-state index contributed by atoms with van der Waals surface area (Å²) >= 11 is 1.25. The fourth-order valence-electron chi connectivity index (χ4n) is 3.84. The molecule has 0 radical (unpaired) electrons. The van der Waals surface area contributed by atoms with Crippen LogP contribution in [0.2, 0.25) is 0 Å². The number of thioether (sulfide) groups is 1. The molecule has 0 saturated heterocycles. The van der Waals surface area contributed by atoms with E-state index in [1.54, 1.807) is 24.3 Å². The summed E-state index contributed by atoms with van der Waals surface area (Å²) in [5.41, 5.74) is 2.72. The SMILES string of the molecule is COc1cc(/C=C2/C(=N)N3N=C(c4ccc(C)cc4)SC3=NC2=O)ccc1OCCOc1ccc([N+](=O)[O-])cc1. The largest absolute Gasteiger partial charge is 0.493 e. The number of carbonyl (C=O) groups excluding carboxylic acids is 1. The maximum Gasteiger partial charge on any atom is 0.283 e. The van der Waals surface area contributed by atoms with Gasteiger partial charge < -0.3 is 14.2 Å². The van der Waals surface area contributed by atoms with E-state index >= 15 is 0 Å². The van der Waals surface area contributed by atoms with Gasteiger partial charge in [0.2, 0.25) is 5.17 Å². The first-order valence-corrected chi connectivity index (χ1v) is 12.9. The van der Waals surface area contributed by atoms with E-state index in [2.05, 4.69) is 10.1 Å². The minimum atomic E-state index is -0.521. The Bertz CT molecular complexity index is 1580. The molecule has 0 unspecified atom stereocenters. The molecule has 11 nitrogen and oxygen atoms in total. The highest BCUT2D eigenvalue weighted by Gasteiger charge is 2.36. The van der Waals surface area contributed by atoms with Gasteiger partial charge in [-0.2, -0.15) is 15.1 Å². The number of nitrogens with one attached hydrogen (secondary N) is 1. The van der Waals surface area contributed by atoms with Crippen LogP contribution in [-0.2, 0) is 4.79 Å². The number of benzene rings is 3. The first-order valence-electron chi connectivity index (χ1n) is 12.1. The number of nitrogens with zero attached hydrogens (tertiary/aromatic N) is 4. The van der Waals surface area contributed by atoms with Crippen molar-refractivity contribution in [1.29, 1.82) is 5.41 Å². The van der Waals surface area contributed by atoms with Gasteiger partial charge in [-0.25, -0.2) is 0 Å². The minimum absolute atomic E-state index is 0.0141. The first kappa shape index (κ1) is 26.6. The normalized spacial score (nSPS) is 15.4. The van der Waals surface area contributed by atoms with E-state index in [-0.39, 0.29) is 30.3 Å². The zero-order valence-electron chi connectivity index (χ0n) is 21.5. The summed E-state index contributed by atoms with van der Waals surface area (Å²) in [5.74, 6) is 0.796. The van der Waals surface area contributed by atoms with Crippen molar-refractivity contribution in [2.45, 2.75) is 6.92 Å². The van der Waals surface area contributed by atoms with Crippen LogP contribution in [0.15, 0.2) is 82.4 Å². The van der Waals surface area contributed by atoms with Gasteiger partial charge in [0.1, 0.15) is 24.0 Å². The van der Waals surface area contributed by atoms with Crippen molar-refractivity contribution in [3.63, 3.8) is 0 Å². The molecule has 12 heteroatoms. The minimum Gasteiger partial charge on any atom is -0.493 e. The van der Waals surface area contributed by atoms with E-state index in [0.29, 0.717) is 33.0 Å². The number of ether oxygens (including phenoxy) is 3. The second kappa shape index (κ2) is 11.4. The molecular formula is C28H23N5O6S. The fourth-order valence-corrected chi connectivity index (χ4v) is 4.74. The Hall–Kier alpha value is -4.97. The number of aryl methyl sites for hydroxylation is 1. The van der Waals surface area contributed by atoms with E-state index < -0.39 is 10.8 Å². The second-order valence-electron chi connectivity index (χ2n) is 8.65. The van der Waals surface area contributed by atoms with E-state index in [0.717, 1.165) is 11.1 Å². The van der Waals surface area contributed by atoms with Crippen LogP contribution in [-0.4, -0.2) is 52.2 Å². The lowest BCUT2D eigenvalue weighted by molar-refractivity contribution is -0.384. The average molecular weight is 558 g/mol. The highest BCUT2D eigenvalue weighted by Crippen LogP contribution is 2.33. The Morgan fingerprint density at radius 3 is 2.45 bits per heavy atom. The summed E-state index contributed by atoms with van der Waals surface area (Å²) in [6, 6.07) is 18.8. The Morgan fingerprint density at radius 2 is 1.75 bits per heavy atom. The van der Waals surface area contributed by atoms with Crippen molar-refractivity contribution in [2.24, 2.45) is 10.1 Å². The van der Waals surface area contributed by atoms with E-state index in [4.69, 9.17) is 19.6 Å². The molecule has 2 aliphatic rings. The molecule has 5 rings (SSSR count). The summed E-state index contributed by atoms with van der Waals surface area (Å²) in [7, 11) is 1.50. The summed E-state index contributed by atoms with van der Waals surface area (Å²) in [6.07, 6.45) is 1.57. The highest BCUT2D eigenvalue weighted by atomic mass is 32.2. The van der Waals surface area contributed by atoms with Crippen LogP contribution in [0.1, 0.15) is 16.7 Å². The number of fused-ring (bicyclic) bond motifs is 1. The third-order valence-electron chi connectivity index (χ3n) is 5.91. The summed E-state index contributed by atoms with van der Waals surface area (Å²) < 4.78 is 16.8. The number of non-ortho nitro benzene ring substituents is 1. The molecule has 2 aliphatic heterocycles. The lowest BCUT2D eigenvalue weighted by Crippen LogP contribution is -2.35. The van der Waals surface area contributed by atoms with E-state index in [1.165, 1.54) is 48.1 Å². The Morgan fingerprint density at radius 1 is 1.02 bits per heavy atom. The highest BCUT2D eigenvalue weighted by molar-refractivity contribution is 8.27. The zero-order chi connectivity index (χ0) is 28.2. The summed E-state index contributed by atoms with van der Waals surface area (Å²) in [4.78, 5) is 27.3. The van der Waals surface area contributed by atoms with Gasteiger partial charge in [0, 0.05) is 17.7 Å². The topological polar surface area (TPSA) is 140 Å². The number of hydrazone groups is 1. The number of nitro groups is 1. The third kappa shape index (κ3) is 5.71. The van der Waals surface area contributed by atoms with Crippen LogP contribution in [0.4, 0.5) is 5.69 Å². The Kier molecular flexibility index (Phi) is 7.60. The molecule has 0 bridgehead atoms. The zero-order valence-corrected chi connectivity index (χ0v) is 22.3. The first-order chi connectivity index (χ1) is 19.3. The lowest BCUT2D eigenvalue weighted by Gasteiger charge is -2.20. The van der Waals surface area contributed by atoms with Gasteiger partial charge in [-0.05, 0) is 54.6 Å². The Balaban J connectivity index is 1.25. The summed E-state index contributed by atoms with van der Waals surface area (Å²) in [5, 5.41) is 26.3. The van der Waals surface area contributed by atoms with Crippen LogP contribution in [0.3, 0.4) is 0 Å². The molecule has 3 aromatic rings. The number of rotatable bonds is 9. The van der Waals surface area contributed by atoms with Crippen molar-refractivity contribution < 1.29 is 23.9 Å². The van der Waals surface area contributed by atoms with Crippen molar-refractivity contribution in [3.05, 3.63) is 99.1 Å². The molecule has 202 valence electrons. The van der Waals surface area contributed by atoms with E-state index in [9.17, 15) is 14.9 Å². The monoisotopic (exact) mass is 557 g/mol. The number of nitro benzene ring substituents is 1. The van der Waals surface area contributed by atoms with Crippen LogP contribution in [0, 0.1) is 22.4 Å². The van der Waals surface area contributed by atoms with Crippen molar-refractivity contribution >= 4 is 45.5 Å². The number of aliphatic imine (C=N–C) groups is 1. The predicted octanol–water partition coefficient (Wildman–Crippen LogP) is 5.04. The predicted molar refractivity (Wildman–Crippen MR) is 152 cm³/mol. The van der Waals surface area contributed by atoms with Crippen molar-refractivity contribution in [1.82, 2.24) is 5.01 Å². The number of carbonyl (C=O) groups is 1. The number of methoxy groups -OCH3 is 1. The van der Waals surface area contributed by atoms with E-state index in [1.807, 2.05) is 31.2 Å². The van der Waals surface area contributed by atoms with Gasteiger partial charge in [-0.1, -0.05) is 35.9 Å². The van der Waals surface area contributed by atoms with Gasteiger partial charge in [-0.15, -0.1) is 0 Å². The summed E-state index contributed by atoms with van der Waals surface area (Å²) in [6.45, 7) is 2.40. The van der Waals surface area contributed by atoms with Gasteiger partial charge in [0.15, 0.2) is 17.3 Å². The van der Waals surface area contributed by atoms with Crippen molar-refractivity contribution in [3.8, 4) is 17.2 Å². The van der Waals surface area contributed by atoms with Crippen LogP contribution in [0.25, 0.3) is 6.08 Å². The molecule has 0 aliphatic carbocycles. The molecule has 0 atom stereocenters. The average Bonchev–Trinajstić information content (AvgIpc) is 3.38. The Labute approximate surface area is 233 Å². The van der Waals surface area contributed by atoms with Gasteiger partial charge in [-0.3, -0.25) is 20.3 Å². The van der Waals surface area contributed by atoms with Crippen LogP contribution in [0.5, 0.6) is 17.2 Å². The molecule has 1 amide bonds. The molecule has 1 N–H and O–H groups in total. The maximum absolute atomic E-state index is 12.8. The molecule has 40 heavy (non-hydrogen) atoms. The maximum atomic E-state index is 12.8. The number of amidine groups is 2. The number of hydrogen-bond donors (Lipinski definition) is 1. The molecular weight excluding hydrogens is 534 g/mol. The molecule has 0 fully saturated rings. The molecule has 3 aromatic carbocycles. The van der Waals surface area contributed by atoms with Gasteiger partial charge >= 0.3 is 0 Å². The van der Waals surface area contributed by atoms with Crippen LogP contribution >= 0.6 is 11.8 Å². The number of amides is 1. The molecule has 0 aromatic heterocycles. The standard InChI is InChI=1S/C28H23N5O6S/c1-17-3-6-19(7-4-17)27-31-32-25(29)22(26(34)30-28(32)40-27)15-18-5-12-23(24(16-18)37-2)39-14-13-38-21-10-8-20(9-11-21)33(35)36/h3-12,15-16,29H,13-14H2,1-2H3/b22-15-,29-25?. The van der Waals surface area contributed by atoms with Crippen molar-refractivity contribution in [2.75, 3.05) is 20.3 Å². The quantitative estimate of drug-likeness (QED) is 0.167. The molecule has 2 heterocycles. The lowest BCUT2D eigenvalue weighted by atomic mass is 10.1. The molecule has 0 saturated carbocycles. The number of hydrogen-bond acceptors (Lipinski definition) is 9. The smallest absolute Gasteiger partial charge is 0.283 e. The van der Waals surface area contributed by atoms with Crippen LogP contribution < -0.4 is 14.2 Å². The molecule has 0 spiro atoms. The van der Waals surface area contributed by atoms with Gasteiger partial charge in [0.05, 0.1) is 17.6 Å². The second-order valence-corrected chi connectivity index (χ2v) is 9.61. The fraction of sp³-hybridized carbons (Fsp3) is 0.143. The van der Waals surface area contributed by atoms with Gasteiger partial charge in [0.25, 0.3) is 11.6 Å². The third-order valence-corrected chi connectivity index (χ3v) is 6.87.